The number of nitrogens with two attached hydrogens (primary N) is 1. The molecule has 1 aliphatic rings. The van der Waals surface area contributed by atoms with Crippen molar-refractivity contribution in [1.29, 1.82) is 0 Å². The molecule has 5 heteroatoms. The van der Waals surface area contributed by atoms with Crippen molar-refractivity contribution in [1.82, 2.24) is 5.43 Å². The number of hydrogen-bond donors (Lipinski definition) is 2. The van der Waals surface area contributed by atoms with Gasteiger partial charge in [-0.15, -0.1) is 0 Å². The third-order valence-corrected chi connectivity index (χ3v) is 4.68. The van der Waals surface area contributed by atoms with Crippen molar-refractivity contribution in [2.75, 3.05) is 0 Å². The minimum atomic E-state index is 0.378. The van der Waals surface area contributed by atoms with Crippen molar-refractivity contribution in [2.24, 2.45) is 10.8 Å². The highest BCUT2D eigenvalue weighted by Crippen LogP contribution is 2.24. The van der Waals surface area contributed by atoms with Crippen LogP contribution in [-0.2, 0) is 0 Å². The first-order valence-electron chi connectivity index (χ1n) is 6.70. The second-order valence-corrected chi connectivity index (χ2v) is 6.16. The average molecular weight is 345 g/mol. The van der Waals surface area contributed by atoms with Gasteiger partial charge in [-0.1, -0.05) is 37.3 Å². The molecule has 0 amide bonds. The highest BCUT2D eigenvalue weighted by atomic mass is 79.9. The van der Waals surface area contributed by atoms with Gasteiger partial charge in [0.25, 0.3) is 0 Å². The lowest BCUT2D eigenvalue weighted by molar-refractivity contribution is 0.583. The summed E-state index contributed by atoms with van der Waals surface area (Å²) >= 11 is 9.43. The zero-order chi connectivity index (χ0) is 13.7. The van der Waals surface area contributed by atoms with Crippen molar-refractivity contribution in [2.45, 2.75) is 44.6 Å². The van der Waals surface area contributed by atoms with Crippen LogP contribution in [0, 0.1) is 0 Å². The van der Waals surface area contributed by atoms with Crippen molar-refractivity contribution in [3.63, 3.8) is 0 Å². The molecule has 19 heavy (non-hydrogen) atoms. The third-order valence-electron chi connectivity index (χ3n) is 3.47. The Hall–Kier alpha value is -0.580. The minimum Gasteiger partial charge on any atom is -0.308 e. The Kier molecular flexibility index (Phi) is 5.67. The van der Waals surface area contributed by atoms with Crippen LogP contribution >= 0.6 is 27.5 Å². The summed E-state index contributed by atoms with van der Waals surface area (Å²) in [5.41, 5.74) is 3.68. The lowest BCUT2D eigenvalue weighted by atomic mass is 10.1. The fourth-order valence-corrected chi connectivity index (χ4v) is 2.90. The van der Waals surface area contributed by atoms with E-state index in [1.165, 1.54) is 25.7 Å². The molecule has 3 nitrogen and oxygen atoms in total. The first-order valence-corrected chi connectivity index (χ1v) is 7.87. The van der Waals surface area contributed by atoms with E-state index >= 15 is 0 Å². The van der Waals surface area contributed by atoms with Crippen LogP contribution in [0.2, 0.25) is 5.02 Å². The first kappa shape index (κ1) is 14.8. The Balaban J connectivity index is 2.19. The van der Waals surface area contributed by atoms with E-state index in [0.29, 0.717) is 11.1 Å². The third kappa shape index (κ3) is 4.20. The van der Waals surface area contributed by atoms with E-state index in [0.717, 1.165) is 28.7 Å². The van der Waals surface area contributed by atoms with Gasteiger partial charge in [-0.3, -0.25) is 4.99 Å². The Morgan fingerprint density at radius 1 is 1.26 bits per heavy atom. The predicted octanol–water partition coefficient (Wildman–Crippen LogP) is 4.04. The van der Waals surface area contributed by atoms with E-state index in [9.17, 15) is 0 Å². The van der Waals surface area contributed by atoms with Gasteiger partial charge in [0.05, 0.1) is 11.1 Å². The molecule has 1 aromatic carbocycles. The smallest absolute Gasteiger partial charge is 0.142 e. The summed E-state index contributed by atoms with van der Waals surface area (Å²) < 4.78 is 0.857. The number of benzene rings is 1. The zero-order valence-corrected chi connectivity index (χ0v) is 13.2. The van der Waals surface area contributed by atoms with E-state index < -0.39 is 0 Å². The van der Waals surface area contributed by atoms with Crippen LogP contribution in [0.3, 0.4) is 0 Å². The lowest BCUT2D eigenvalue weighted by Crippen LogP contribution is -2.32. The van der Waals surface area contributed by atoms with Gasteiger partial charge >= 0.3 is 0 Å². The fourth-order valence-electron chi connectivity index (χ4n) is 2.41. The van der Waals surface area contributed by atoms with Crippen LogP contribution in [0.25, 0.3) is 0 Å². The summed E-state index contributed by atoms with van der Waals surface area (Å²) in [7, 11) is 0. The molecule has 2 rings (SSSR count). The number of amidine groups is 1. The minimum absolute atomic E-state index is 0.378. The highest BCUT2D eigenvalue weighted by molar-refractivity contribution is 9.10. The molecule has 0 spiro atoms. The molecule has 0 saturated heterocycles. The zero-order valence-electron chi connectivity index (χ0n) is 10.8. The molecule has 0 aliphatic heterocycles. The normalized spacial score (nSPS) is 18.2. The van der Waals surface area contributed by atoms with Crippen LogP contribution in [0.4, 0.5) is 0 Å². The van der Waals surface area contributed by atoms with Crippen molar-refractivity contribution in [3.05, 3.63) is 33.3 Å². The van der Waals surface area contributed by atoms with Gasteiger partial charge in [-0.05, 0) is 47.0 Å². The van der Waals surface area contributed by atoms with E-state index in [4.69, 9.17) is 22.4 Å². The van der Waals surface area contributed by atoms with E-state index in [1.54, 1.807) is 0 Å². The Labute approximate surface area is 127 Å². The molecule has 3 N–H and O–H groups in total. The quantitative estimate of drug-likeness (QED) is 0.280. The molecule has 1 saturated carbocycles. The van der Waals surface area contributed by atoms with Crippen LogP contribution in [-0.4, -0.2) is 11.9 Å². The van der Waals surface area contributed by atoms with Crippen LogP contribution in [0.5, 0.6) is 0 Å². The maximum Gasteiger partial charge on any atom is 0.142 e. The maximum absolute atomic E-state index is 6.00. The Morgan fingerprint density at radius 3 is 2.53 bits per heavy atom. The predicted molar refractivity (Wildman–Crippen MR) is 84.5 cm³/mol. The largest absolute Gasteiger partial charge is 0.308 e. The SMILES string of the molecule is NNC(=NC1CCCCCC1)c1ccc(Cl)c(Br)c1. The van der Waals surface area contributed by atoms with E-state index in [-0.39, 0.29) is 0 Å². The fraction of sp³-hybridized carbons (Fsp3) is 0.500. The second kappa shape index (κ2) is 7.27. The van der Waals surface area contributed by atoms with Gasteiger partial charge in [-0.2, -0.15) is 0 Å². The number of halogens is 2. The molecule has 0 atom stereocenters. The van der Waals surface area contributed by atoms with Crippen molar-refractivity contribution >= 4 is 33.4 Å². The van der Waals surface area contributed by atoms with Crippen molar-refractivity contribution < 1.29 is 0 Å². The van der Waals surface area contributed by atoms with Crippen LogP contribution < -0.4 is 11.3 Å². The van der Waals surface area contributed by atoms with Crippen molar-refractivity contribution in [3.8, 4) is 0 Å². The molecular weight excluding hydrogens is 326 g/mol. The van der Waals surface area contributed by atoms with E-state index in [1.807, 2.05) is 18.2 Å². The molecule has 0 heterocycles. The summed E-state index contributed by atoms with van der Waals surface area (Å²) in [4.78, 5) is 4.77. The molecule has 0 bridgehead atoms. The summed E-state index contributed by atoms with van der Waals surface area (Å²) in [6.07, 6.45) is 7.47. The molecule has 104 valence electrons. The molecule has 1 aliphatic carbocycles. The van der Waals surface area contributed by atoms with Gasteiger partial charge in [0.2, 0.25) is 0 Å². The molecule has 0 aromatic heterocycles. The van der Waals surface area contributed by atoms with Crippen LogP contribution in [0.15, 0.2) is 27.7 Å². The average Bonchev–Trinajstić information content (AvgIpc) is 2.68. The molecule has 1 aromatic rings. The summed E-state index contributed by atoms with van der Waals surface area (Å²) in [6.45, 7) is 0. The standard InChI is InChI=1S/C14H19BrClN3/c15-12-9-10(7-8-13(12)16)14(19-17)18-11-5-3-1-2-4-6-11/h7-9,11H,1-6,17H2,(H,18,19). The summed E-state index contributed by atoms with van der Waals surface area (Å²) in [6, 6.07) is 6.10. The number of hydrazine groups is 1. The van der Waals surface area contributed by atoms with Gasteiger partial charge in [0.15, 0.2) is 0 Å². The number of aliphatic imine (C=N–C) groups is 1. The Morgan fingerprint density at radius 2 is 1.95 bits per heavy atom. The maximum atomic E-state index is 6.00. The number of nitrogens with zero attached hydrogens (tertiary/aromatic N) is 1. The van der Waals surface area contributed by atoms with Gasteiger partial charge in [0, 0.05) is 10.0 Å². The molecule has 1 fully saturated rings. The van der Waals surface area contributed by atoms with Gasteiger partial charge in [-0.25, -0.2) is 5.84 Å². The summed E-state index contributed by atoms with van der Waals surface area (Å²) in [5, 5.41) is 0.689. The topological polar surface area (TPSA) is 50.4 Å². The second-order valence-electron chi connectivity index (χ2n) is 4.90. The van der Waals surface area contributed by atoms with Gasteiger partial charge < -0.3 is 5.43 Å². The molecular formula is C14H19BrClN3. The number of hydrogen-bond acceptors (Lipinski definition) is 2. The number of rotatable bonds is 2. The lowest BCUT2D eigenvalue weighted by Gasteiger charge is -2.13. The molecule has 0 unspecified atom stereocenters. The number of nitrogens with one attached hydrogen (secondary N) is 1. The molecule has 0 radical (unpaired) electrons. The highest BCUT2D eigenvalue weighted by Gasteiger charge is 2.13. The first-order chi connectivity index (χ1) is 9.20. The van der Waals surface area contributed by atoms with Gasteiger partial charge in [0.1, 0.15) is 5.84 Å². The monoisotopic (exact) mass is 343 g/mol. The summed E-state index contributed by atoms with van der Waals surface area (Å²) in [5.74, 6) is 6.36. The van der Waals surface area contributed by atoms with Crippen LogP contribution in [0.1, 0.15) is 44.1 Å². The Bertz CT molecular complexity index is 454. The van der Waals surface area contributed by atoms with E-state index in [2.05, 4.69) is 21.4 Å².